The van der Waals surface area contributed by atoms with Crippen LogP contribution < -0.4 is 0 Å². The summed E-state index contributed by atoms with van der Waals surface area (Å²) < 4.78 is 1.99. The highest BCUT2D eigenvalue weighted by atomic mass is 16.3. The Labute approximate surface area is 60.3 Å². The van der Waals surface area contributed by atoms with Crippen molar-refractivity contribution in [2.45, 2.75) is 19.9 Å². The Balaban J connectivity index is 2.59. The minimum absolute atomic E-state index is 0.181. The molecule has 3 nitrogen and oxygen atoms in total. The van der Waals surface area contributed by atoms with Crippen LogP contribution in [0.25, 0.3) is 0 Å². The summed E-state index contributed by atoms with van der Waals surface area (Å²) in [7, 11) is 0. The highest BCUT2D eigenvalue weighted by molar-refractivity contribution is 4.96. The van der Waals surface area contributed by atoms with E-state index in [-0.39, 0.29) is 6.61 Å². The van der Waals surface area contributed by atoms with Crippen LogP contribution in [0.4, 0.5) is 0 Å². The fourth-order valence-corrected chi connectivity index (χ4v) is 0.823. The first-order valence-electron chi connectivity index (χ1n) is 3.48. The second-order valence-corrected chi connectivity index (χ2v) is 2.17. The smallest absolute Gasteiger partial charge is 0.0949 e. The molecule has 10 heavy (non-hydrogen) atoms. The molecule has 0 radical (unpaired) electrons. The normalized spacial score (nSPS) is 10.2. The first-order valence-corrected chi connectivity index (χ1v) is 3.48. The van der Waals surface area contributed by atoms with Gasteiger partial charge in [0.1, 0.15) is 0 Å². The molecule has 0 atom stereocenters. The molecule has 0 aromatic carbocycles. The second-order valence-electron chi connectivity index (χ2n) is 2.17. The second kappa shape index (κ2) is 3.37. The zero-order chi connectivity index (χ0) is 7.40. The molecule has 1 aromatic rings. The minimum atomic E-state index is 0.181. The molecule has 0 amide bonds. The van der Waals surface area contributed by atoms with E-state index in [0.29, 0.717) is 6.42 Å². The molecule has 0 saturated carbocycles. The number of aromatic nitrogens is 2. The predicted octanol–water partition coefficient (Wildman–Crippen LogP) is 0.438. The van der Waals surface area contributed by atoms with Crippen LogP contribution >= 0.6 is 0 Å². The maximum atomic E-state index is 8.55. The lowest BCUT2D eigenvalue weighted by molar-refractivity contribution is 0.298. The Hall–Kier alpha value is -0.830. The van der Waals surface area contributed by atoms with Crippen molar-refractivity contribution in [3.05, 3.63) is 18.2 Å². The Morgan fingerprint density at radius 3 is 3.00 bits per heavy atom. The summed E-state index contributed by atoms with van der Waals surface area (Å²) in [4.78, 5) is 4.08. The molecular weight excluding hydrogens is 128 g/mol. The molecule has 0 fully saturated rings. The number of aryl methyl sites for hydroxylation is 1. The largest absolute Gasteiger partial charge is 0.396 e. The zero-order valence-corrected chi connectivity index (χ0v) is 6.12. The number of imidazole rings is 1. The lowest BCUT2D eigenvalue weighted by atomic mass is 10.3. The van der Waals surface area contributed by atoms with Gasteiger partial charge in [-0.25, -0.2) is 4.98 Å². The van der Waals surface area contributed by atoms with Crippen LogP contribution in [-0.2, 0) is 13.0 Å². The summed E-state index contributed by atoms with van der Waals surface area (Å²) in [6.45, 7) is 3.18. The average Bonchev–Trinajstić information content (AvgIpc) is 2.37. The number of aliphatic hydroxyl groups excluding tert-OH is 1. The van der Waals surface area contributed by atoms with Crippen molar-refractivity contribution in [1.82, 2.24) is 9.55 Å². The van der Waals surface area contributed by atoms with Crippen molar-refractivity contribution in [2.75, 3.05) is 6.61 Å². The summed E-state index contributed by atoms with van der Waals surface area (Å²) in [6.07, 6.45) is 4.40. The van der Waals surface area contributed by atoms with Gasteiger partial charge in [0.25, 0.3) is 0 Å². The highest BCUT2D eigenvalue weighted by Crippen LogP contribution is 1.95. The van der Waals surface area contributed by atoms with Gasteiger partial charge in [-0.05, 0) is 6.92 Å². The van der Waals surface area contributed by atoms with E-state index in [1.54, 1.807) is 6.33 Å². The molecule has 0 aliphatic heterocycles. The Morgan fingerprint density at radius 1 is 1.70 bits per heavy atom. The molecule has 56 valence electrons. The van der Waals surface area contributed by atoms with E-state index in [9.17, 15) is 0 Å². The van der Waals surface area contributed by atoms with Gasteiger partial charge in [0.15, 0.2) is 0 Å². The third-order valence-corrected chi connectivity index (χ3v) is 1.42. The summed E-state index contributed by atoms with van der Waals surface area (Å²) in [5.41, 5.74) is 0.962. The Bertz CT molecular complexity index is 195. The van der Waals surface area contributed by atoms with E-state index >= 15 is 0 Å². The number of nitrogens with zero attached hydrogens (tertiary/aromatic N) is 2. The van der Waals surface area contributed by atoms with Crippen molar-refractivity contribution in [3.8, 4) is 0 Å². The molecule has 0 saturated heterocycles. The number of hydrogen-bond acceptors (Lipinski definition) is 2. The van der Waals surface area contributed by atoms with Crippen LogP contribution in [0.1, 0.15) is 12.6 Å². The van der Waals surface area contributed by atoms with Crippen LogP contribution in [0.2, 0.25) is 0 Å². The molecular formula is C7H12N2O. The SMILES string of the molecule is CCn1cnc(CCO)c1. The summed E-state index contributed by atoms with van der Waals surface area (Å²) >= 11 is 0. The zero-order valence-electron chi connectivity index (χ0n) is 6.12. The number of aliphatic hydroxyl groups is 1. The van der Waals surface area contributed by atoms with Crippen molar-refractivity contribution in [2.24, 2.45) is 0 Å². The Kier molecular flexibility index (Phi) is 2.45. The topological polar surface area (TPSA) is 38.0 Å². The van der Waals surface area contributed by atoms with Crippen LogP contribution in [0.5, 0.6) is 0 Å². The molecule has 0 aliphatic carbocycles. The van der Waals surface area contributed by atoms with Crippen molar-refractivity contribution < 1.29 is 5.11 Å². The molecule has 0 spiro atoms. The molecule has 1 aromatic heterocycles. The molecule has 1 N–H and O–H groups in total. The van der Waals surface area contributed by atoms with Crippen LogP contribution in [0.15, 0.2) is 12.5 Å². The first-order chi connectivity index (χ1) is 4.86. The van der Waals surface area contributed by atoms with Crippen molar-refractivity contribution in [3.63, 3.8) is 0 Å². The molecule has 1 rings (SSSR count). The van der Waals surface area contributed by atoms with E-state index in [0.717, 1.165) is 12.2 Å². The maximum Gasteiger partial charge on any atom is 0.0949 e. The van der Waals surface area contributed by atoms with Crippen molar-refractivity contribution in [1.29, 1.82) is 0 Å². The van der Waals surface area contributed by atoms with Gasteiger partial charge in [-0.3, -0.25) is 0 Å². The molecule has 1 heterocycles. The average molecular weight is 140 g/mol. The lowest BCUT2D eigenvalue weighted by Gasteiger charge is -1.90. The standard InChI is InChI=1S/C7H12N2O/c1-2-9-5-7(3-4-10)8-6-9/h5-6,10H,2-4H2,1H3. The fourth-order valence-electron chi connectivity index (χ4n) is 0.823. The first kappa shape index (κ1) is 7.28. The van der Waals surface area contributed by atoms with Crippen LogP contribution in [0, 0.1) is 0 Å². The monoisotopic (exact) mass is 140 g/mol. The van der Waals surface area contributed by atoms with E-state index in [1.165, 1.54) is 0 Å². The summed E-state index contributed by atoms with van der Waals surface area (Å²) in [6, 6.07) is 0. The van der Waals surface area contributed by atoms with Gasteiger partial charge in [-0.2, -0.15) is 0 Å². The summed E-state index contributed by atoms with van der Waals surface area (Å²) in [5.74, 6) is 0. The van der Waals surface area contributed by atoms with E-state index in [4.69, 9.17) is 5.11 Å². The third-order valence-electron chi connectivity index (χ3n) is 1.42. The number of hydrogen-bond donors (Lipinski definition) is 1. The van der Waals surface area contributed by atoms with Gasteiger partial charge in [0, 0.05) is 25.8 Å². The minimum Gasteiger partial charge on any atom is -0.396 e. The fraction of sp³-hybridized carbons (Fsp3) is 0.571. The third kappa shape index (κ3) is 1.57. The summed E-state index contributed by atoms with van der Waals surface area (Å²) in [5, 5.41) is 8.55. The van der Waals surface area contributed by atoms with Gasteiger partial charge in [-0.1, -0.05) is 0 Å². The van der Waals surface area contributed by atoms with E-state index in [2.05, 4.69) is 11.9 Å². The van der Waals surface area contributed by atoms with Crippen LogP contribution in [-0.4, -0.2) is 21.3 Å². The quantitative estimate of drug-likeness (QED) is 0.661. The maximum absolute atomic E-state index is 8.55. The number of rotatable bonds is 3. The Morgan fingerprint density at radius 2 is 2.50 bits per heavy atom. The molecule has 0 bridgehead atoms. The van der Waals surface area contributed by atoms with Gasteiger partial charge < -0.3 is 9.67 Å². The van der Waals surface area contributed by atoms with Crippen molar-refractivity contribution >= 4 is 0 Å². The van der Waals surface area contributed by atoms with Gasteiger partial charge in [0.2, 0.25) is 0 Å². The van der Waals surface area contributed by atoms with E-state index in [1.807, 2.05) is 10.8 Å². The van der Waals surface area contributed by atoms with Gasteiger partial charge >= 0.3 is 0 Å². The highest BCUT2D eigenvalue weighted by Gasteiger charge is 1.94. The lowest BCUT2D eigenvalue weighted by Crippen LogP contribution is -1.90. The molecule has 0 aliphatic rings. The molecule has 0 unspecified atom stereocenters. The van der Waals surface area contributed by atoms with E-state index < -0.39 is 0 Å². The van der Waals surface area contributed by atoms with Gasteiger partial charge in [-0.15, -0.1) is 0 Å². The predicted molar refractivity (Wildman–Crippen MR) is 38.7 cm³/mol. The molecule has 3 heteroatoms. The van der Waals surface area contributed by atoms with Gasteiger partial charge in [0.05, 0.1) is 12.0 Å². The van der Waals surface area contributed by atoms with Crippen LogP contribution in [0.3, 0.4) is 0 Å².